The normalized spacial score (nSPS) is 15.5. The third kappa shape index (κ3) is 4.27. The van der Waals surface area contributed by atoms with Crippen LogP contribution in [0.1, 0.15) is 10.4 Å². The van der Waals surface area contributed by atoms with Crippen LogP contribution < -0.4 is 4.90 Å². The third-order valence-electron chi connectivity index (χ3n) is 4.65. The summed E-state index contributed by atoms with van der Waals surface area (Å²) in [6.45, 7) is 1.01. The number of sulfonamides is 1. The van der Waals surface area contributed by atoms with Gasteiger partial charge in [0.2, 0.25) is 10.0 Å². The molecule has 150 valence electrons. The van der Waals surface area contributed by atoms with Gasteiger partial charge >= 0.3 is 0 Å². The fraction of sp³-hybridized carbons (Fsp3) is 0.316. The summed E-state index contributed by atoms with van der Waals surface area (Å²) in [6.07, 6.45) is 0. The molecule has 1 heterocycles. The Morgan fingerprint density at radius 3 is 2.32 bits per heavy atom. The van der Waals surface area contributed by atoms with Crippen LogP contribution in [0, 0.1) is 0 Å². The number of amides is 1. The first kappa shape index (κ1) is 20.9. The number of piperazine rings is 1. The van der Waals surface area contributed by atoms with E-state index < -0.39 is 10.0 Å². The number of hydrogen-bond acceptors (Lipinski definition) is 4. The minimum Gasteiger partial charge on any atom is -0.378 e. The monoisotopic (exact) mass is 441 g/mol. The molecule has 9 heteroatoms. The van der Waals surface area contributed by atoms with Crippen LogP contribution in [0.5, 0.6) is 0 Å². The summed E-state index contributed by atoms with van der Waals surface area (Å²) < 4.78 is 27.1. The van der Waals surface area contributed by atoms with Crippen LogP contribution in [0.15, 0.2) is 47.4 Å². The Morgan fingerprint density at radius 1 is 1.00 bits per heavy atom. The topological polar surface area (TPSA) is 60.9 Å². The van der Waals surface area contributed by atoms with Gasteiger partial charge in [-0.2, -0.15) is 4.31 Å². The van der Waals surface area contributed by atoms with E-state index in [2.05, 4.69) is 0 Å². The van der Waals surface area contributed by atoms with E-state index in [0.29, 0.717) is 23.7 Å². The quantitative estimate of drug-likeness (QED) is 0.730. The molecule has 0 unspecified atom stereocenters. The zero-order valence-corrected chi connectivity index (χ0v) is 17.9. The van der Waals surface area contributed by atoms with Crippen molar-refractivity contribution >= 4 is 44.8 Å². The lowest BCUT2D eigenvalue weighted by molar-refractivity contribution is 0.0698. The summed E-state index contributed by atoms with van der Waals surface area (Å²) in [5.74, 6) is -0.110. The molecule has 28 heavy (non-hydrogen) atoms. The number of nitrogens with zero attached hydrogens (tertiary/aromatic N) is 3. The highest BCUT2D eigenvalue weighted by molar-refractivity contribution is 7.89. The van der Waals surface area contributed by atoms with E-state index in [1.165, 1.54) is 16.4 Å². The molecule has 0 saturated carbocycles. The average Bonchev–Trinajstić information content (AvgIpc) is 2.69. The van der Waals surface area contributed by atoms with Crippen LogP contribution in [-0.2, 0) is 10.0 Å². The Morgan fingerprint density at radius 2 is 1.68 bits per heavy atom. The van der Waals surface area contributed by atoms with Crippen molar-refractivity contribution in [2.24, 2.45) is 0 Å². The van der Waals surface area contributed by atoms with Crippen LogP contribution in [0.3, 0.4) is 0 Å². The second kappa shape index (κ2) is 8.29. The summed E-state index contributed by atoms with van der Waals surface area (Å²) in [6, 6.07) is 11.7. The molecule has 6 nitrogen and oxygen atoms in total. The van der Waals surface area contributed by atoms with E-state index in [9.17, 15) is 13.2 Å². The second-order valence-corrected chi connectivity index (χ2v) is 9.47. The highest BCUT2D eigenvalue weighted by atomic mass is 35.5. The molecule has 0 bridgehead atoms. The van der Waals surface area contributed by atoms with Crippen LogP contribution >= 0.6 is 23.2 Å². The highest BCUT2D eigenvalue weighted by Gasteiger charge is 2.32. The first-order chi connectivity index (χ1) is 13.2. The maximum absolute atomic E-state index is 12.9. The molecule has 3 rings (SSSR count). The van der Waals surface area contributed by atoms with Gasteiger partial charge in [0.15, 0.2) is 0 Å². The lowest BCUT2D eigenvalue weighted by atomic mass is 10.1. The fourth-order valence-electron chi connectivity index (χ4n) is 3.05. The number of benzene rings is 2. The smallest absolute Gasteiger partial charge is 0.254 e. The molecule has 0 aromatic heterocycles. The number of carbonyl (C=O) groups is 1. The Balaban J connectivity index is 1.73. The average molecular weight is 442 g/mol. The van der Waals surface area contributed by atoms with Crippen LogP contribution in [0.25, 0.3) is 0 Å². The van der Waals surface area contributed by atoms with Crippen LogP contribution in [0.4, 0.5) is 5.69 Å². The van der Waals surface area contributed by atoms with Gasteiger partial charge in [0.05, 0.1) is 5.02 Å². The molecule has 2 aromatic rings. The van der Waals surface area contributed by atoms with Gasteiger partial charge in [-0.25, -0.2) is 8.42 Å². The van der Waals surface area contributed by atoms with Gasteiger partial charge < -0.3 is 9.80 Å². The van der Waals surface area contributed by atoms with Crippen molar-refractivity contribution in [2.75, 3.05) is 45.2 Å². The summed E-state index contributed by atoms with van der Waals surface area (Å²) in [4.78, 5) is 16.4. The number of halogens is 2. The predicted octanol–water partition coefficient (Wildman–Crippen LogP) is 3.21. The summed E-state index contributed by atoms with van der Waals surface area (Å²) in [5.41, 5.74) is 1.52. The fourth-order valence-corrected chi connectivity index (χ4v) is 5.20. The largest absolute Gasteiger partial charge is 0.378 e. The molecule has 0 atom stereocenters. The second-order valence-electron chi connectivity index (χ2n) is 6.72. The van der Waals surface area contributed by atoms with Crippen LogP contribution in [-0.4, -0.2) is 63.8 Å². The minimum atomic E-state index is -3.77. The van der Waals surface area contributed by atoms with E-state index in [4.69, 9.17) is 23.2 Å². The molecule has 1 fully saturated rings. The van der Waals surface area contributed by atoms with Gasteiger partial charge in [-0.05, 0) is 36.4 Å². The molecule has 0 radical (unpaired) electrons. The van der Waals surface area contributed by atoms with E-state index in [-0.39, 0.29) is 28.9 Å². The van der Waals surface area contributed by atoms with E-state index >= 15 is 0 Å². The lowest BCUT2D eigenvalue weighted by Gasteiger charge is -2.34. The molecule has 2 aromatic carbocycles. The Hall–Kier alpha value is -1.80. The summed E-state index contributed by atoms with van der Waals surface area (Å²) >= 11 is 12.0. The molecule has 0 aliphatic carbocycles. The van der Waals surface area contributed by atoms with E-state index in [1.54, 1.807) is 17.0 Å². The van der Waals surface area contributed by atoms with Crippen molar-refractivity contribution in [3.63, 3.8) is 0 Å². The number of hydrogen-bond donors (Lipinski definition) is 0. The molecule has 1 amide bonds. The molecular formula is C19H21Cl2N3O3S. The summed E-state index contributed by atoms with van der Waals surface area (Å²) in [5, 5.41) is 0.431. The number of rotatable bonds is 4. The van der Waals surface area contributed by atoms with Crippen molar-refractivity contribution in [2.45, 2.75) is 4.90 Å². The zero-order chi connectivity index (χ0) is 20.5. The van der Waals surface area contributed by atoms with E-state index in [1.807, 2.05) is 37.2 Å². The number of carbonyl (C=O) groups excluding carboxylic acids is 1. The lowest BCUT2D eigenvalue weighted by Crippen LogP contribution is -2.50. The maximum Gasteiger partial charge on any atom is 0.254 e. The SMILES string of the molecule is CN(C)c1cccc(C(=O)N2CCN(S(=O)(=O)c3cc(Cl)ccc3Cl)CC2)c1. The third-order valence-corrected chi connectivity index (χ3v) is 7.26. The zero-order valence-electron chi connectivity index (χ0n) is 15.6. The van der Waals surface area contributed by atoms with Crippen molar-refractivity contribution in [3.05, 3.63) is 58.1 Å². The summed E-state index contributed by atoms with van der Waals surface area (Å²) in [7, 11) is 0.0472. The van der Waals surface area contributed by atoms with Gasteiger partial charge in [0.25, 0.3) is 5.91 Å². The molecule has 1 saturated heterocycles. The first-order valence-corrected chi connectivity index (χ1v) is 10.9. The van der Waals surface area contributed by atoms with Crippen molar-refractivity contribution in [1.29, 1.82) is 0 Å². The Labute approximate surface area is 175 Å². The van der Waals surface area contributed by atoms with E-state index in [0.717, 1.165) is 5.69 Å². The standard InChI is InChI=1S/C19H21Cl2N3O3S/c1-22(2)16-5-3-4-14(12-16)19(25)23-8-10-24(11-9-23)28(26,27)18-13-15(20)6-7-17(18)21/h3-7,12-13H,8-11H2,1-2H3. The van der Waals surface area contributed by atoms with Crippen molar-refractivity contribution < 1.29 is 13.2 Å². The van der Waals surface area contributed by atoms with Gasteiger partial charge in [-0.3, -0.25) is 4.79 Å². The molecule has 0 N–H and O–H groups in total. The number of anilines is 1. The van der Waals surface area contributed by atoms with Crippen LogP contribution in [0.2, 0.25) is 10.0 Å². The highest BCUT2D eigenvalue weighted by Crippen LogP contribution is 2.28. The Kier molecular flexibility index (Phi) is 6.19. The predicted molar refractivity (Wildman–Crippen MR) is 112 cm³/mol. The van der Waals surface area contributed by atoms with Gasteiger partial charge in [0, 0.05) is 56.5 Å². The maximum atomic E-state index is 12.9. The van der Waals surface area contributed by atoms with Gasteiger partial charge in [-0.15, -0.1) is 0 Å². The van der Waals surface area contributed by atoms with Crippen molar-refractivity contribution in [1.82, 2.24) is 9.21 Å². The molecule has 1 aliphatic heterocycles. The molecule has 0 spiro atoms. The minimum absolute atomic E-state index is 0.0138. The molecule has 1 aliphatic rings. The van der Waals surface area contributed by atoms with Gasteiger partial charge in [0.1, 0.15) is 4.90 Å². The molecular weight excluding hydrogens is 421 g/mol. The Bertz CT molecular complexity index is 988. The van der Waals surface area contributed by atoms with Gasteiger partial charge in [-0.1, -0.05) is 29.3 Å². The first-order valence-electron chi connectivity index (χ1n) is 8.72. The van der Waals surface area contributed by atoms with Crippen molar-refractivity contribution in [3.8, 4) is 0 Å².